The number of carbonyl (C=O) groups is 2. The minimum Gasteiger partial charge on any atom is -0.348 e. The second-order valence-corrected chi connectivity index (χ2v) is 8.14. The molecule has 0 radical (unpaired) electrons. The summed E-state index contributed by atoms with van der Waals surface area (Å²) in [5.41, 5.74) is 4.38. The van der Waals surface area contributed by atoms with E-state index in [0.717, 1.165) is 35.3 Å². The molecule has 2 amide bonds. The molecule has 6 heteroatoms. The lowest BCUT2D eigenvalue weighted by molar-refractivity contribution is 0.0790. The first-order chi connectivity index (χ1) is 15.7. The van der Waals surface area contributed by atoms with Crippen LogP contribution in [-0.4, -0.2) is 39.2 Å². The molecule has 1 saturated heterocycles. The van der Waals surface area contributed by atoms with Crippen LogP contribution < -0.4 is 5.32 Å². The van der Waals surface area contributed by atoms with Crippen molar-refractivity contribution in [3.8, 4) is 0 Å². The van der Waals surface area contributed by atoms with Crippen molar-refractivity contribution >= 4 is 17.5 Å². The molecular weight excluding hydrogens is 400 g/mol. The highest BCUT2D eigenvalue weighted by atomic mass is 16.2. The van der Waals surface area contributed by atoms with Crippen LogP contribution >= 0.6 is 0 Å². The van der Waals surface area contributed by atoms with Gasteiger partial charge in [0.05, 0.1) is 0 Å². The predicted molar refractivity (Wildman–Crippen MR) is 123 cm³/mol. The molecule has 1 N–H and O–H groups in total. The number of benzene rings is 2. The second-order valence-electron chi connectivity index (χ2n) is 8.14. The largest absolute Gasteiger partial charge is 0.348 e. The topological polar surface area (TPSA) is 66.7 Å². The van der Waals surface area contributed by atoms with Crippen LogP contribution in [0.5, 0.6) is 0 Å². The van der Waals surface area contributed by atoms with Crippen molar-refractivity contribution in [2.45, 2.75) is 18.9 Å². The van der Waals surface area contributed by atoms with Gasteiger partial charge in [-0.2, -0.15) is 0 Å². The number of pyridine rings is 1. The van der Waals surface area contributed by atoms with E-state index in [0.29, 0.717) is 24.6 Å². The molecule has 5 rings (SSSR count). The molecule has 0 spiro atoms. The summed E-state index contributed by atoms with van der Waals surface area (Å²) in [7, 11) is 0. The minimum atomic E-state index is -0.105. The Labute approximate surface area is 186 Å². The minimum absolute atomic E-state index is 0.0811. The fraction of sp³-hybridized carbons (Fsp3) is 0.192. The van der Waals surface area contributed by atoms with Crippen LogP contribution in [0, 0.1) is 0 Å². The average Bonchev–Trinajstić information content (AvgIpc) is 3.52. The van der Waals surface area contributed by atoms with Crippen LogP contribution in [0.25, 0.3) is 5.65 Å². The fourth-order valence-corrected chi connectivity index (χ4v) is 4.23. The van der Waals surface area contributed by atoms with Crippen LogP contribution in [0.4, 0.5) is 0 Å². The van der Waals surface area contributed by atoms with E-state index >= 15 is 0 Å². The summed E-state index contributed by atoms with van der Waals surface area (Å²) < 4.78 is 1.93. The number of hydrogen-bond donors (Lipinski definition) is 1. The smallest absolute Gasteiger partial charge is 0.253 e. The number of hydrogen-bond acceptors (Lipinski definition) is 3. The monoisotopic (exact) mass is 424 g/mol. The quantitative estimate of drug-likeness (QED) is 0.529. The molecule has 4 aromatic rings. The molecule has 0 bridgehead atoms. The second kappa shape index (κ2) is 8.67. The summed E-state index contributed by atoms with van der Waals surface area (Å²) in [6.45, 7) is 1.90. The maximum atomic E-state index is 12.7. The van der Waals surface area contributed by atoms with Gasteiger partial charge in [0.15, 0.2) is 0 Å². The highest BCUT2D eigenvalue weighted by Gasteiger charge is 2.28. The highest BCUT2D eigenvalue weighted by Crippen LogP contribution is 2.28. The molecule has 6 nitrogen and oxygen atoms in total. The van der Waals surface area contributed by atoms with Crippen LogP contribution in [0.15, 0.2) is 85.3 Å². The predicted octanol–water partition coefficient (Wildman–Crippen LogP) is 3.89. The van der Waals surface area contributed by atoms with E-state index in [9.17, 15) is 9.59 Å². The maximum absolute atomic E-state index is 12.7. The van der Waals surface area contributed by atoms with Gasteiger partial charge >= 0.3 is 0 Å². The van der Waals surface area contributed by atoms with E-state index in [1.807, 2.05) is 88.4 Å². The third kappa shape index (κ3) is 4.12. The number of fused-ring (bicyclic) bond motifs is 1. The normalized spacial score (nSPS) is 15.8. The van der Waals surface area contributed by atoms with Crippen molar-refractivity contribution in [1.82, 2.24) is 19.6 Å². The molecule has 160 valence electrons. The molecule has 2 aromatic heterocycles. The number of amides is 2. The molecule has 1 fully saturated rings. The number of nitrogens with one attached hydrogen (secondary N) is 1. The third-order valence-corrected chi connectivity index (χ3v) is 6.06. The Morgan fingerprint density at radius 1 is 0.969 bits per heavy atom. The highest BCUT2D eigenvalue weighted by molar-refractivity contribution is 5.95. The summed E-state index contributed by atoms with van der Waals surface area (Å²) in [5, 5.41) is 2.97. The molecule has 1 unspecified atom stereocenters. The van der Waals surface area contributed by atoms with Gasteiger partial charge in [0.25, 0.3) is 11.8 Å². The fourth-order valence-electron chi connectivity index (χ4n) is 4.23. The molecule has 0 saturated carbocycles. The maximum Gasteiger partial charge on any atom is 0.253 e. The number of carbonyl (C=O) groups excluding carboxylic acids is 2. The number of likely N-dealkylation sites (tertiary alicyclic amines) is 1. The third-order valence-electron chi connectivity index (χ3n) is 6.06. The average molecular weight is 425 g/mol. The number of aromatic nitrogens is 2. The summed E-state index contributed by atoms with van der Waals surface area (Å²) >= 11 is 0. The zero-order valence-electron chi connectivity index (χ0n) is 17.6. The first-order valence-electron chi connectivity index (χ1n) is 10.8. The zero-order valence-corrected chi connectivity index (χ0v) is 17.6. The van der Waals surface area contributed by atoms with Gasteiger partial charge < -0.3 is 14.6 Å². The van der Waals surface area contributed by atoms with E-state index in [-0.39, 0.29) is 11.8 Å². The van der Waals surface area contributed by atoms with Crippen LogP contribution in [0.1, 0.15) is 44.2 Å². The Kier molecular flexibility index (Phi) is 5.42. The van der Waals surface area contributed by atoms with Crippen molar-refractivity contribution in [2.75, 3.05) is 13.1 Å². The van der Waals surface area contributed by atoms with Crippen molar-refractivity contribution in [1.29, 1.82) is 0 Å². The van der Waals surface area contributed by atoms with E-state index in [2.05, 4.69) is 10.3 Å². The van der Waals surface area contributed by atoms with Gasteiger partial charge in [0, 0.05) is 55.3 Å². The Bertz CT molecular complexity index is 1250. The first-order valence-corrected chi connectivity index (χ1v) is 10.8. The van der Waals surface area contributed by atoms with E-state index in [1.54, 1.807) is 6.20 Å². The van der Waals surface area contributed by atoms with E-state index in [1.165, 1.54) is 0 Å². The number of imidazole rings is 1. The first kappa shape index (κ1) is 20.0. The standard InChI is InChI=1S/C26H24N4O2/c31-25(28-17-19-10-13-29-15-12-27-24(29)16-19)21-8-6-20(7-9-21)23-11-14-30(18-23)26(32)22-4-2-1-3-5-22/h1-10,12-13,15-16,23H,11,14,17-18H2,(H,28,31). The zero-order chi connectivity index (χ0) is 21.9. The lowest BCUT2D eigenvalue weighted by atomic mass is 9.97. The van der Waals surface area contributed by atoms with Gasteiger partial charge in [-0.15, -0.1) is 0 Å². The molecule has 0 aliphatic carbocycles. The molecule has 32 heavy (non-hydrogen) atoms. The van der Waals surface area contributed by atoms with Gasteiger partial charge in [-0.1, -0.05) is 30.3 Å². The van der Waals surface area contributed by atoms with Gasteiger partial charge in [-0.25, -0.2) is 4.98 Å². The Balaban J connectivity index is 1.18. The molecular formula is C26H24N4O2. The van der Waals surface area contributed by atoms with E-state index < -0.39 is 0 Å². The van der Waals surface area contributed by atoms with Crippen molar-refractivity contribution in [2.24, 2.45) is 0 Å². The summed E-state index contributed by atoms with van der Waals surface area (Å²) in [4.78, 5) is 31.4. The van der Waals surface area contributed by atoms with Crippen molar-refractivity contribution < 1.29 is 9.59 Å². The van der Waals surface area contributed by atoms with Crippen LogP contribution in [-0.2, 0) is 6.54 Å². The SMILES string of the molecule is O=C(NCc1ccn2ccnc2c1)c1ccc(C2CCN(C(=O)c3ccccc3)C2)cc1. The number of nitrogens with zero attached hydrogens (tertiary/aromatic N) is 3. The number of rotatable bonds is 5. The van der Waals surface area contributed by atoms with Gasteiger partial charge in [0.1, 0.15) is 5.65 Å². The lowest BCUT2D eigenvalue weighted by Crippen LogP contribution is -2.28. The molecule has 1 aliphatic rings. The van der Waals surface area contributed by atoms with Crippen molar-refractivity contribution in [3.05, 3.63) is 108 Å². The van der Waals surface area contributed by atoms with Gasteiger partial charge in [-0.3, -0.25) is 9.59 Å². The molecule has 1 atom stereocenters. The molecule has 1 aliphatic heterocycles. The van der Waals surface area contributed by atoms with E-state index in [4.69, 9.17) is 0 Å². The van der Waals surface area contributed by atoms with Crippen molar-refractivity contribution in [3.63, 3.8) is 0 Å². The van der Waals surface area contributed by atoms with Crippen LogP contribution in [0.2, 0.25) is 0 Å². The Morgan fingerprint density at radius 3 is 2.59 bits per heavy atom. The van der Waals surface area contributed by atoms with Gasteiger partial charge in [-0.05, 0) is 53.9 Å². The van der Waals surface area contributed by atoms with Crippen LogP contribution in [0.3, 0.4) is 0 Å². The van der Waals surface area contributed by atoms with Gasteiger partial charge in [0.2, 0.25) is 0 Å². The Morgan fingerprint density at radius 2 is 1.78 bits per heavy atom. The summed E-state index contributed by atoms with van der Waals surface area (Å²) in [5.74, 6) is 0.269. The molecule has 2 aromatic carbocycles. The summed E-state index contributed by atoms with van der Waals surface area (Å²) in [6, 6.07) is 21.1. The lowest BCUT2D eigenvalue weighted by Gasteiger charge is -2.17. The Hall–Kier alpha value is -3.93. The summed E-state index contributed by atoms with van der Waals surface area (Å²) in [6.07, 6.45) is 6.51. The molecule has 3 heterocycles.